The van der Waals surface area contributed by atoms with E-state index in [0.717, 1.165) is 22.1 Å². The summed E-state index contributed by atoms with van der Waals surface area (Å²) >= 11 is 9.38. The average Bonchev–Trinajstić information content (AvgIpc) is 2.63. The fourth-order valence-electron chi connectivity index (χ4n) is 3.05. The number of amides is 1. The monoisotopic (exact) mass is 436 g/mol. The summed E-state index contributed by atoms with van der Waals surface area (Å²) in [4.78, 5) is 14.6. The molecule has 0 bridgehead atoms. The number of benzene rings is 2. The van der Waals surface area contributed by atoms with Gasteiger partial charge < -0.3 is 10.1 Å². The number of ether oxygens (including phenoxy) is 1. The minimum atomic E-state index is -0.0299. The van der Waals surface area contributed by atoms with E-state index in [1.165, 1.54) is 0 Å². The van der Waals surface area contributed by atoms with Gasteiger partial charge in [0.25, 0.3) is 0 Å². The summed E-state index contributed by atoms with van der Waals surface area (Å²) in [6.07, 6.45) is -0.0299. The second-order valence-electron chi connectivity index (χ2n) is 6.49. The highest BCUT2D eigenvalue weighted by molar-refractivity contribution is 9.10. The minimum Gasteiger partial charge on any atom is -0.371 e. The van der Waals surface area contributed by atoms with Gasteiger partial charge in [-0.3, -0.25) is 9.69 Å². The highest BCUT2D eigenvalue weighted by Gasteiger charge is 2.24. The minimum absolute atomic E-state index is 0.0243. The van der Waals surface area contributed by atoms with E-state index in [4.69, 9.17) is 16.3 Å². The van der Waals surface area contributed by atoms with Crippen LogP contribution in [0.25, 0.3) is 0 Å². The van der Waals surface area contributed by atoms with Crippen LogP contribution in [-0.4, -0.2) is 37.0 Å². The number of carbonyl (C=O) groups is 1. The molecule has 2 unspecified atom stereocenters. The molecule has 1 fully saturated rings. The third kappa shape index (κ3) is 5.30. The first-order valence-corrected chi connectivity index (χ1v) is 9.82. The lowest BCUT2D eigenvalue weighted by Gasteiger charge is -2.33. The molecule has 1 N–H and O–H groups in total. The summed E-state index contributed by atoms with van der Waals surface area (Å²) in [5.74, 6) is 0.0252. The number of hydrogen-bond donors (Lipinski definition) is 1. The van der Waals surface area contributed by atoms with E-state index in [-0.39, 0.29) is 18.1 Å². The highest BCUT2D eigenvalue weighted by atomic mass is 79.9. The first-order valence-electron chi connectivity index (χ1n) is 8.65. The van der Waals surface area contributed by atoms with E-state index in [1.807, 2.05) is 55.5 Å². The predicted molar refractivity (Wildman–Crippen MR) is 107 cm³/mol. The lowest BCUT2D eigenvalue weighted by atomic mass is 10.1. The SMILES string of the molecule is CC(NC(=O)CN1CCOC(c2ccc(Cl)cc2)C1)c1ccc(Br)cc1. The topological polar surface area (TPSA) is 41.6 Å². The van der Waals surface area contributed by atoms with Gasteiger partial charge in [-0.1, -0.05) is 51.8 Å². The van der Waals surface area contributed by atoms with Gasteiger partial charge in [0.2, 0.25) is 5.91 Å². The van der Waals surface area contributed by atoms with Crippen LogP contribution in [0.1, 0.15) is 30.2 Å². The Morgan fingerprint density at radius 2 is 1.96 bits per heavy atom. The number of nitrogens with zero attached hydrogens (tertiary/aromatic N) is 1. The van der Waals surface area contributed by atoms with E-state index in [2.05, 4.69) is 26.1 Å². The Balaban J connectivity index is 1.53. The fraction of sp³-hybridized carbons (Fsp3) is 0.350. The molecule has 1 aliphatic heterocycles. The van der Waals surface area contributed by atoms with E-state index in [9.17, 15) is 4.79 Å². The lowest BCUT2D eigenvalue weighted by Crippen LogP contribution is -2.44. The summed E-state index contributed by atoms with van der Waals surface area (Å²) in [5.41, 5.74) is 2.17. The van der Waals surface area contributed by atoms with Crippen LogP contribution in [0.4, 0.5) is 0 Å². The van der Waals surface area contributed by atoms with Gasteiger partial charge in [0.1, 0.15) is 0 Å². The van der Waals surface area contributed by atoms with Crippen molar-refractivity contribution in [3.05, 3.63) is 69.2 Å². The highest BCUT2D eigenvalue weighted by Crippen LogP contribution is 2.23. The van der Waals surface area contributed by atoms with E-state index < -0.39 is 0 Å². The maximum absolute atomic E-state index is 12.4. The average molecular weight is 438 g/mol. The van der Waals surface area contributed by atoms with Gasteiger partial charge in [-0.25, -0.2) is 0 Å². The number of nitrogens with one attached hydrogen (secondary N) is 1. The number of hydrogen-bond acceptors (Lipinski definition) is 3. The zero-order valence-electron chi connectivity index (χ0n) is 14.6. The standard InChI is InChI=1S/C20H22BrClN2O2/c1-14(15-2-6-17(21)7-3-15)23-20(25)13-24-10-11-26-19(12-24)16-4-8-18(22)9-5-16/h2-9,14,19H,10-13H2,1H3,(H,23,25). The predicted octanol–water partition coefficient (Wildman–Crippen LogP) is 4.35. The van der Waals surface area contributed by atoms with Crippen molar-refractivity contribution in [3.63, 3.8) is 0 Å². The largest absolute Gasteiger partial charge is 0.371 e. The van der Waals surface area contributed by atoms with E-state index >= 15 is 0 Å². The Hall–Kier alpha value is -1.40. The molecule has 0 radical (unpaired) electrons. The van der Waals surface area contributed by atoms with E-state index in [1.54, 1.807) is 0 Å². The normalized spacial score (nSPS) is 19.1. The zero-order valence-corrected chi connectivity index (χ0v) is 17.0. The molecule has 1 amide bonds. The van der Waals surface area contributed by atoms with Crippen LogP contribution in [0.3, 0.4) is 0 Å². The van der Waals surface area contributed by atoms with Gasteiger partial charge in [0.05, 0.1) is 25.3 Å². The first-order chi connectivity index (χ1) is 12.5. The number of morpholine rings is 1. The molecule has 0 aliphatic carbocycles. The first kappa shape index (κ1) is 19.4. The molecule has 6 heteroatoms. The van der Waals surface area contributed by atoms with Crippen LogP contribution in [0.2, 0.25) is 5.02 Å². The van der Waals surface area contributed by atoms with Gasteiger partial charge in [-0.15, -0.1) is 0 Å². The summed E-state index contributed by atoms with van der Waals surface area (Å²) in [5, 5.41) is 3.78. The van der Waals surface area contributed by atoms with Crippen molar-refractivity contribution >= 4 is 33.4 Å². The molecule has 1 saturated heterocycles. The van der Waals surface area contributed by atoms with Crippen LogP contribution in [-0.2, 0) is 9.53 Å². The maximum Gasteiger partial charge on any atom is 0.234 e. The zero-order chi connectivity index (χ0) is 18.5. The van der Waals surface area contributed by atoms with Gasteiger partial charge in [-0.05, 0) is 42.3 Å². The Labute approximate surface area is 167 Å². The van der Waals surface area contributed by atoms with Crippen LogP contribution in [0.5, 0.6) is 0 Å². The Bertz CT molecular complexity index is 736. The van der Waals surface area contributed by atoms with Crippen molar-refractivity contribution in [2.75, 3.05) is 26.2 Å². The second-order valence-corrected chi connectivity index (χ2v) is 7.84. The lowest BCUT2D eigenvalue weighted by molar-refractivity contribution is -0.125. The molecule has 1 aliphatic rings. The summed E-state index contributed by atoms with van der Waals surface area (Å²) in [6, 6.07) is 15.7. The molecule has 4 nitrogen and oxygen atoms in total. The summed E-state index contributed by atoms with van der Waals surface area (Å²) in [6.45, 7) is 4.43. The smallest absolute Gasteiger partial charge is 0.234 e. The molecule has 0 aromatic heterocycles. The van der Waals surface area contributed by atoms with Crippen molar-refractivity contribution < 1.29 is 9.53 Å². The van der Waals surface area contributed by atoms with E-state index in [0.29, 0.717) is 24.7 Å². The Kier molecular flexibility index (Phi) is 6.70. The van der Waals surface area contributed by atoms with Crippen molar-refractivity contribution in [3.8, 4) is 0 Å². The van der Waals surface area contributed by atoms with Crippen LogP contribution >= 0.6 is 27.5 Å². The maximum atomic E-state index is 12.4. The van der Waals surface area contributed by atoms with Crippen molar-refractivity contribution in [2.45, 2.75) is 19.1 Å². The van der Waals surface area contributed by atoms with Gasteiger partial charge in [0.15, 0.2) is 0 Å². The van der Waals surface area contributed by atoms with Crippen LogP contribution < -0.4 is 5.32 Å². The molecule has 3 rings (SSSR count). The summed E-state index contributed by atoms with van der Waals surface area (Å²) in [7, 11) is 0. The molecule has 1 heterocycles. The molecule has 2 aromatic rings. The van der Waals surface area contributed by atoms with Crippen molar-refractivity contribution in [1.29, 1.82) is 0 Å². The van der Waals surface area contributed by atoms with Crippen LogP contribution in [0.15, 0.2) is 53.0 Å². The van der Waals surface area contributed by atoms with Crippen molar-refractivity contribution in [2.24, 2.45) is 0 Å². The molecule has 2 atom stereocenters. The molecule has 26 heavy (non-hydrogen) atoms. The Morgan fingerprint density at radius 1 is 1.27 bits per heavy atom. The molecular formula is C20H22BrClN2O2. The molecule has 138 valence electrons. The third-order valence-corrected chi connectivity index (χ3v) is 5.29. The van der Waals surface area contributed by atoms with Crippen LogP contribution in [0, 0.1) is 0 Å². The molecule has 0 saturated carbocycles. The molecular weight excluding hydrogens is 416 g/mol. The fourth-order valence-corrected chi connectivity index (χ4v) is 3.44. The molecule has 0 spiro atoms. The van der Waals surface area contributed by atoms with Gasteiger partial charge in [0, 0.05) is 22.6 Å². The Morgan fingerprint density at radius 3 is 2.65 bits per heavy atom. The number of halogens is 2. The van der Waals surface area contributed by atoms with Crippen molar-refractivity contribution in [1.82, 2.24) is 10.2 Å². The number of carbonyl (C=O) groups excluding carboxylic acids is 1. The summed E-state index contributed by atoms with van der Waals surface area (Å²) < 4.78 is 6.89. The second kappa shape index (κ2) is 9.00. The van der Waals surface area contributed by atoms with Gasteiger partial charge in [-0.2, -0.15) is 0 Å². The number of rotatable bonds is 5. The third-order valence-electron chi connectivity index (χ3n) is 4.51. The van der Waals surface area contributed by atoms with Gasteiger partial charge >= 0.3 is 0 Å². The quantitative estimate of drug-likeness (QED) is 0.756. The molecule has 2 aromatic carbocycles.